The molecule has 2 aromatic rings. The van der Waals surface area contributed by atoms with Gasteiger partial charge in [-0.15, -0.1) is 0 Å². The van der Waals surface area contributed by atoms with Crippen LogP contribution in [0.2, 0.25) is 0 Å². The Morgan fingerprint density at radius 1 is 1.11 bits per heavy atom. The second-order valence-electron chi connectivity index (χ2n) is 4.41. The number of hydrogen-bond donors (Lipinski definition) is 1. The van der Waals surface area contributed by atoms with E-state index in [2.05, 4.69) is 5.32 Å². The van der Waals surface area contributed by atoms with Crippen molar-refractivity contribution in [2.24, 2.45) is 0 Å². The number of aryl methyl sites for hydroxylation is 2. The van der Waals surface area contributed by atoms with Crippen molar-refractivity contribution in [3.63, 3.8) is 0 Å². The Kier molecular flexibility index (Phi) is 3.72. The fourth-order valence-electron chi connectivity index (χ4n) is 1.71. The van der Waals surface area contributed by atoms with Gasteiger partial charge in [0.15, 0.2) is 12.4 Å². The number of nitrogens with zero attached hydrogens (tertiary/aromatic N) is 1. The lowest BCUT2D eigenvalue weighted by molar-refractivity contribution is -0.684. The van der Waals surface area contributed by atoms with Gasteiger partial charge in [0, 0.05) is 17.8 Å². The van der Waals surface area contributed by atoms with Gasteiger partial charge in [-0.2, -0.15) is 4.57 Å². The molecule has 0 saturated heterocycles. The summed E-state index contributed by atoms with van der Waals surface area (Å²) in [6.07, 6.45) is 3.82. The number of aromatic nitrogens is 1. The molecular formula is C15H17N2O+. The molecule has 0 spiro atoms. The normalized spacial score (nSPS) is 10.1. The standard InChI is InChI=1S/C15H16N2O/c1-12-7-9-17(10-8-12)11-15(18)16-14-6-4-3-5-13(14)2/h3-10H,11H2,1-2H3/p+1. The molecule has 0 saturated carbocycles. The molecule has 0 fully saturated rings. The maximum Gasteiger partial charge on any atom is 0.290 e. The Morgan fingerprint density at radius 2 is 1.78 bits per heavy atom. The van der Waals surface area contributed by atoms with Gasteiger partial charge in [-0.05, 0) is 31.0 Å². The van der Waals surface area contributed by atoms with Gasteiger partial charge < -0.3 is 5.32 Å². The highest BCUT2D eigenvalue weighted by Gasteiger charge is 2.09. The molecule has 1 heterocycles. The van der Waals surface area contributed by atoms with Gasteiger partial charge in [0.2, 0.25) is 6.54 Å². The summed E-state index contributed by atoms with van der Waals surface area (Å²) < 4.78 is 1.86. The summed E-state index contributed by atoms with van der Waals surface area (Å²) in [5.41, 5.74) is 3.13. The maximum atomic E-state index is 11.9. The monoisotopic (exact) mass is 241 g/mol. The van der Waals surface area contributed by atoms with E-state index in [1.54, 1.807) is 0 Å². The van der Waals surface area contributed by atoms with Crippen LogP contribution in [0.1, 0.15) is 11.1 Å². The smallest absolute Gasteiger partial charge is 0.290 e. The summed E-state index contributed by atoms with van der Waals surface area (Å²) in [4.78, 5) is 11.9. The highest BCUT2D eigenvalue weighted by atomic mass is 16.1. The Morgan fingerprint density at radius 3 is 2.44 bits per heavy atom. The van der Waals surface area contributed by atoms with Crippen molar-refractivity contribution in [2.45, 2.75) is 20.4 Å². The van der Waals surface area contributed by atoms with Gasteiger partial charge in [0.05, 0.1) is 0 Å². The van der Waals surface area contributed by atoms with Crippen molar-refractivity contribution in [1.29, 1.82) is 0 Å². The van der Waals surface area contributed by atoms with Crippen LogP contribution < -0.4 is 9.88 Å². The number of anilines is 1. The van der Waals surface area contributed by atoms with Crippen molar-refractivity contribution < 1.29 is 9.36 Å². The molecule has 1 aromatic carbocycles. The van der Waals surface area contributed by atoms with Crippen LogP contribution in [0.4, 0.5) is 5.69 Å². The minimum Gasteiger partial charge on any atom is -0.320 e. The number of carbonyl (C=O) groups is 1. The van der Waals surface area contributed by atoms with Crippen LogP contribution in [-0.2, 0) is 11.3 Å². The molecule has 1 N–H and O–H groups in total. The lowest BCUT2D eigenvalue weighted by atomic mass is 10.2. The molecular weight excluding hydrogens is 224 g/mol. The minimum atomic E-state index is -0.0156. The summed E-state index contributed by atoms with van der Waals surface area (Å²) in [5, 5.41) is 2.91. The van der Waals surface area contributed by atoms with E-state index in [0.29, 0.717) is 6.54 Å². The second-order valence-corrected chi connectivity index (χ2v) is 4.41. The largest absolute Gasteiger partial charge is 0.320 e. The molecule has 0 aliphatic heterocycles. The molecule has 18 heavy (non-hydrogen) atoms. The molecule has 0 radical (unpaired) electrons. The third-order valence-electron chi connectivity index (χ3n) is 2.80. The van der Waals surface area contributed by atoms with Crippen molar-refractivity contribution in [2.75, 3.05) is 5.32 Å². The minimum absolute atomic E-state index is 0.0156. The first-order chi connectivity index (χ1) is 8.65. The first-order valence-corrected chi connectivity index (χ1v) is 5.96. The zero-order chi connectivity index (χ0) is 13.0. The van der Waals surface area contributed by atoms with Gasteiger partial charge >= 0.3 is 0 Å². The molecule has 3 heteroatoms. The Bertz CT molecular complexity index is 547. The number of nitrogens with one attached hydrogen (secondary N) is 1. The average Bonchev–Trinajstić information content (AvgIpc) is 2.35. The van der Waals surface area contributed by atoms with E-state index < -0.39 is 0 Å². The molecule has 2 rings (SSSR count). The highest BCUT2D eigenvalue weighted by molar-refractivity contribution is 5.90. The molecule has 0 unspecified atom stereocenters. The highest BCUT2D eigenvalue weighted by Crippen LogP contribution is 2.12. The number of rotatable bonds is 3. The SMILES string of the molecule is Cc1cc[n+](CC(=O)Nc2ccccc2C)cc1. The van der Waals surface area contributed by atoms with Crippen molar-refractivity contribution in [1.82, 2.24) is 0 Å². The van der Waals surface area contributed by atoms with Gasteiger partial charge in [0.25, 0.3) is 5.91 Å². The van der Waals surface area contributed by atoms with Crippen LogP contribution in [0.5, 0.6) is 0 Å². The number of amides is 1. The fraction of sp³-hybridized carbons (Fsp3) is 0.200. The number of hydrogen-bond acceptors (Lipinski definition) is 1. The molecule has 0 aliphatic rings. The predicted octanol–water partition coefficient (Wildman–Crippen LogP) is 2.23. The first-order valence-electron chi connectivity index (χ1n) is 5.96. The van der Waals surface area contributed by atoms with Crippen LogP contribution in [0.25, 0.3) is 0 Å². The lowest BCUT2D eigenvalue weighted by Gasteiger charge is -2.06. The zero-order valence-electron chi connectivity index (χ0n) is 10.7. The summed E-state index contributed by atoms with van der Waals surface area (Å²) >= 11 is 0. The summed E-state index contributed by atoms with van der Waals surface area (Å²) in [6, 6.07) is 11.7. The Hall–Kier alpha value is -2.16. The van der Waals surface area contributed by atoms with Crippen LogP contribution in [0.3, 0.4) is 0 Å². The van der Waals surface area contributed by atoms with Crippen LogP contribution >= 0.6 is 0 Å². The Balaban J connectivity index is 2.01. The van der Waals surface area contributed by atoms with Crippen LogP contribution in [0.15, 0.2) is 48.8 Å². The molecule has 0 atom stereocenters. The summed E-state index contributed by atoms with van der Waals surface area (Å²) in [7, 11) is 0. The van der Waals surface area contributed by atoms with Crippen molar-refractivity contribution in [3.8, 4) is 0 Å². The number of para-hydroxylation sites is 1. The topological polar surface area (TPSA) is 33.0 Å². The molecule has 0 bridgehead atoms. The third-order valence-corrected chi connectivity index (χ3v) is 2.80. The van der Waals surface area contributed by atoms with Crippen molar-refractivity contribution in [3.05, 3.63) is 59.9 Å². The van der Waals surface area contributed by atoms with Crippen LogP contribution in [0, 0.1) is 13.8 Å². The quantitative estimate of drug-likeness (QED) is 0.821. The first kappa shape index (κ1) is 12.3. The van der Waals surface area contributed by atoms with E-state index in [9.17, 15) is 4.79 Å². The van der Waals surface area contributed by atoms with Gasteiger partial charge in [-0.3, -0.25) is 4.79 Å². The van der Waals surface area contributed by atoms with E-state index in [1.165, 1.54) is 5.56 Å². The lowest BCUT2D eigenvalue weighted by Crippen LogP contribution is -2.39. The van der Waals surface area contributed by atoms with Crippen molar-refractivity contribution >= 4 is 11.6 Å². The second kappa shape index (κ2) is 5.45. The fourth-order valence-corrected chi connectivity index (χ4v) is 1.71. The van der Waals surface area contributed by atoms with Gasteiger partial charge in [0.1, 0.15) is 0 Å². The van der Waals surface area contributed by atoms with E-state index in [4.69, 9.17) is 0 Å². The average molecular weight is 241 g/mol. The van der Waals surface area contributed by atoms with E-state index in [1.807, 2.05) is 67.2 Å². The molecule has 92 valence electrons. The molecule has 1 aromatic heterocycles. The number of pyridine rings is 1. The third kappa shape index (κ3) is 3.17. The molecule has 3 nitrogen and oxygen atoms in total. The van der Waals surface area contributed by atoms with E-state index in [-0.39, 0.29) is 5.91 Å². The predicted molar refractivity (Wildman–Crippen MR) is 71.2 cm³/mol. The maximum absolute atomic E-state index is 11.9. The van der Waals surface area contributed by atoms with Gasteiger partial charge in [-0.1, -0.05) is 18.2 Å². The summed E-state index contributed by atoms with van der Waals surface area (Å²) in [6.45, 7) is 4.33. The number of carbonyl (C=O) groups excluding carboxylic acids is 1. The zero-order valence-corrected chi connectivity index (χ0v) is 10.7. The molecule has 0 aliphatic carbocycles. The summed E-state index contributed by atoms with van der Waals surface area (Å²) in [5.74, 6) is -0.0156. The van der Waals surface area contributed by atoms with Gasteiger partial charge in [-0.25, -0.2) is 0 Å². The van der Waals surface area contributed by atoms with E-state index >= 15 is 0 Å². The van der Waals surface area contributed by atoms with Crippen LogP contribution in [-0.4, -0.2) is 5.91 Å². The number of benzene rings is 1. The Labute approximate surface area is 107 Å². The molecule has 1 amide bonds. The van der Waals surface area contributed by atoms with E-state index in [0.717, 1.165) is 11.3 Å².